The Bertz CT molecular complexity index is 1920. The summed E-state index contributed by atoms with van der Waals surface area (Å²) in [5, 5.41) is 18.9. The van der Waals surface area contributed by atoms with Crippen LogP contribution < -0.4 is 0 Å². The Kier molecular flexibility index (Phi) is 9.10. The molecule has 8 bridgehead atoms. The number of aromatic nitrogens is 4. The van der Waals surface area contributed by atoms with Crippen LogP contribution in [-0.2, 0) is 33.4 Å². The van der Waals surface area contributed by atoms with Crippen molar-refractivity contribution >= 4 is 62.4 Å². The third-order valence-electron chi connectivity index (χ3n) is 8.22. The first-order valence-corrected chi connectivity index (χ1v) is 13.9. The Morgan fingerprint density at radius 1 is 0.721 bits per heavy atom. The van der Waals surface area contributed by atoms with Crippen molar-refractivity contribution in [3.05, 3.63) is 88.5 Å². The van der Waals surface area contributed by atoms with Crippen molar-refractivity contribution in [3.8, 4) is 0 Å². The molecule has 0 saturated carbocycles. The van der Waals surface area contributed by atoms with Crippen molar-refractivity contribution in [1.29, 1.82) is 0 Å². The van der Waals surface area contributed by atoms with E-state index in [0.717, 1.165) is 83.7 Å². The zero-order valence-electron chi connectivity index (χ0n) is 24.7. The molecular weight excluding hydrogens is 580 g/mol. The number of rotatable bonds is 8. The first-order chi connectivity index (χ1) is 20.0. The molecule has 3 aromatic heterocycles. The van der Waals surface area contributed by atoms with Crippen LogP contribution >= 0.6 is 0 Å². The summed E-state index contributed by atoms with van der Waals surface area (Å²) in [7, 11) is 0. The first kappa shape index (κ1) is 31.5. The number of hydrogen-bond acceptors (Lipinski definition) is 4. The number of nitrogens with zero attached hydrogens (tertiary/aromatic N) is 2. The van der Waals surface area contributed by atoms with Crippen LogP contribution in [0.15, 0.2) is 43.5 Å². The quantitative estimate of drug-likeness (QED) is 0.208. The van der Waals surface area contributed by atoms with Gasteiger partial charge < -0.3 is 20.2 Å². The second-order valence-corrected chi connectivity index (χ2v) is 10.7. The van der Waals surface area contributed by atoms with Gasteiger partial charge >= 0.3 is 11.9 Å². The number of aliphatic carboxylic acids is 2. The number of H-pyrrole nitrogens is 2. The fourth-order valence-corrected chi connectivity index (χ4v) is 5.77. The van der Waals surface area contributed by atoms with Gasteiger partial charge in [-0.2, -0.15) is 0 Å². The van der Waals surface area contributed by atoms with Crippen molar-refractivity contribution in [3.63, 3.8) is 0 Å². The van der Waals surface area contributed by atoms with Crippen molar-refractivity contribution < 1.29 is 37.2 Å². The van der Waals surface area contributed by atoms with E-state index in [1.165, 1.54) is 0 Å². The fourth-order valence-electron chi connectivity index (χ4n) is 5.77. The maximum atomic E-state index is 11.5. The molecule has 0 atom stereocenters. The minimum atomic E-state index is -0.883. The zero-order valence-corrected chi connectivity index (χ0v) is 26.0. The van der Waals surface area contributed by atoms with E-state index in [1.54, 1.807) is 6.08 Å². The third-order valence-corrected chi connectivity index (χ3v) is 8.22. The number of carboxylic acid groups (broad SMARTS) is 2. The third kappa shape index (κ3) is 5.92. The number of aryl methyl sites for hydroxylation is 3. The summed E-state index contributed by atoms with van der Waals surface area (Å²) in [6, 6.07) is 7.88. The summed E-state index contributed by atoms with van der Waals surface area (Å²) in [4.78, 5) is 40.0. The smallest absolute Gasteiger partial charge is 0.303 e. The molecule has 4 N–H and O–H groups in total. The van der Waals surface area contributed by atoms with Gasteiger partial charge in [-0.25, -0.2) is 9.97 Å². The monoisotopic (exact) mass is 614 g/mol. The average Bonchev–Trinajstić information content (AvgIpc) is 3.59. The van der Waals surface area contributed by atoms with E-state index in [9.17, 15) is 19.8 Å². The maximum absolute atomic E-state index is 11.5. The van der Waals surface area contributed by atoms with E-state index >= 15 is 0 Å². The Labute approximate surface area is 260 Å². The van der Waals surface area contributed by atoms with Crippen LogP contribution in [0.25, 0.3) is 50.4 Å². The van der Waals surface area contributed by atoms with E-state index < -0.39 is 11.9 Å². The summed E-state index contributed by atoms with van der Waals surface area (Å²) < 4.78 is 0. The Balaban J connectivity index is 0.00000423. The standard InChI is InChI=1S/C34H34N4O4.Cr/c1-7-21-17(3)25-13-26-19(5)23(9-11-33(39)40)31(37-26)16-32-24(10-12-34(41)42)20(6)28(38-32)15-30-22(8-2)18(4)27(36-30)14-29(21)35-25;/h7-8,13-16,35,38H,1-2,9-12H2,3-6H3,(H,39,40)(H,41,42);. The molecule has 43 heavy (non-hydrogen) atoms. The molecule has 0 amide bonds. The molecule has 2 aliphatic rings. The molecular formula is C34H34CrN4O4. The molecule has 220 valence electrons. The number of aromatic amines is 2. The van der Waals surface area contributed by atoms with E-state index in [2.05, 4.69) is 23.1 Å². The van der Waals surface area contributed by atoms with E-state index in [0.29, 0.717) is 18.5 Å². The van der Waals surface area contributed by atoms with Crippen molar-refractivity contribution in [2.24, 2.45) is 0 Å². The molecule has 5 rings (SSSR count). The molecule has 0 aromatic carbocycles. The predicted molar refractivity (Wildman–Crippen MR) is 169 cm³/mol. The molecule has 0 spiro atoms. The Hall–Kier alpha value is -4.45. The average molecular weight is 615 g/mol. The van der Waals surface area contributed by atoms with Gasteiger partial charge in [0.15, 0.2) is 0 Å². The van der Waals surface area contributed by atoms with Gasteiger partial charge in [0, 0.05) is 63.4 Å². The van der Waals surface area contributed by atoms with Gasteiger partial charge in [0.2, 0.25) is 0 Å². The van der Waals surface area contributed by atoms with Gasteiger partial charge in [0.25, 0.3) is 0 Å². The number of allylic oxidation sites excluding steroid dienone is 5. The van der Waals surface area contributed by atoms with Gasteiger partial charge in [-0.1, -0.05) is 25.3 Å². The van der Waals surface area contributed by atoms with E-state index in [1.807, 2.05) is 58.0 Å². The van der Waals surface area contributed by atoms with Gasteiger partial charge in [0.05, 0.1) is 22.8 Å². The van der Waals surface area contributed by atoms with Crippen molar-refractivity contribution in [2.75, 3.05) is 0 Å². The molecule has 5 heterocycles. The Morgan fingerprint density at radius 2 is 1.26 bits per heavy atom. The largest absolute Gasteiger partial charge is 0.481 e. The van der Waals surface area contributed by atoms with Gasteiger partial charge in [-0.05, 0) is 98.2 Å². The number of carbonyl (C=O) groups is 2. The van der Waals surface area contributed by atoms with Crippen LogP contribution in [-0.4, -0.2) is 42.1 Å². The van der Waals surface area contributed by atoms with Crippen LogP contribution in [0.1, 0.15) is 78.1 Å². The number of hydrogen-bond donors (Lipinski definition) is 4. The molecule has 0 unspecified atom stereocenters. The van der Waals surface area contributed by atoms with Gasteiger partial charge in [-0.3, -0.25) is 9.59 Å². The topological polar surface area (TPSA) is 132 Å². The van der Waals surface area contributed by atoms with Crippen molar-refractivity contribution in [1.82, 2.24) is 19.9 Å². The summed E-state index contributed by atoms with van der Waals surface area (Å²) in [6.07, 6.45) is 4.22. The predicted octanol–water partition coefficient (Wildman–Crippen LogP) is 7.50. The molecule has 0 aliphatic carbocycles. The molecule has 9 heteroatoms. The second kappa shape index (κ2) is 12.4. The number of fused-ring (bicyclic) bond motifs is 8. The minimum Gasteiger partial charge on any atom is -0.481 e. The summed E-state index contributed by atoms with van der Waals surface area (Å²) in [5.41, 5.74) is 13.7. The molecule has 0 fully saturated rings. The van der Waals surface area contributed by atoms with Gasteiger partial charge in [0.1, 0.15) is 0 Å². The van der Waals surface area contributed by atoms with E-state index in [-0.39, 0.29) is 30.2 Å². The summed E-state index contributed by atoms with van der Waals surface area (Å²) in [5.74, 6) is -1.76. The second-order valence-electron chi connectivity index (χ2n) is 10.7. The number of carboxylic acids is 2. The SMILES string of the molecule is C=CC1=C(C)c2cc3[nH]c(cc4nc(cc5[nH]c(cc1n2)c(C)c5CCC(=O)O)C(CCC(=O)O)=C4C)c(C)c3C=C.[Cr]. The number of nitrogens with one attached hydrogen (secondary N) is 2. The van der Waals surface area contributed by atoms with Crippen LogP contribution in [0, 0.1) is 13.8 Å². The Morgan fingerprint density at radius 3 is 1.91 bits per heavy atom. The first-order valence-electron chi connectivity index (χ1n) is 13.9. The molecule has 3 aromatic rings. The summed E-state index contributed by atoms with van der Waals surface area (Å²) >= 11 is 0. The zero-order chi connectivity index (χ0) is 30.3. The minimum absolute atomic E-state index is 0. The van der Waals surface area contributed by atoms with Crippen LogP contribution in [0.3, 0.4) is 0 Å². The molecule has 2 aliphatic heterocycles. The van der Waals surface area contributed by atoms with Crippen molar-refractivity contribution in [2.45, 2.75) is 53.4 Å². The van der Waals surface area contributed by atoms with Crippen LogP contribution in [0.5, 0.6) is 0 Å². The van der Waals surface area contributed by atoms with Crippen LogP contribution in [0.2, 0.25) is 0 Å². The fraction of sp³-hybridized carbons (Fsp3) is 0.235. The molecule has 0 saturated heterocycles. The van der Waals surface area contributed by atoms with Crippen LogP contribution in [0.4, 0.5) is 0 Å². The normalized spacial score (nSPS) is 12.7. The van der Waals surface area contributed by atoms with Gasteiger partial charge in [-0.15, -0.1) is 0 Å². The molecule has 8 nitrogen and oxygen atoms in total. The van der Waals surface area contributed by atoms with E-state index in [4.69, 9.17) is 9.97 Å². The maximum Gasteiger partial charge on any atom is 0.303 e. The molecule has 0 radical (unpaired) electrons. The summed E-state index contributed by atoms with van der Waals surface area (Å²) in [6.45, 7) is 16.0.